The molecule has 0 aromatic heterocycles. The lowest BCUT2D eigenvalue weighted by molar-refractivity contribution is -0.117. The summed E-state index contributed by atoms with van der Waals surface area (Å²) in [4.78, 5) is 10.8. The first-order valence-electron chi connectivity index (χ1n) is 4.46. The van der Waals surface area contributed by atoms with E-state index in [2.05, 4.69) is 6.92 Å². The largest absolute Gasteiger partial charge is 0.300 e. The Bertz CT molecular complexity index is 162. The molecule has 1 saturated heterocycles. The molecule has 0 aromatic carbocycles. The second kappa shape index (κ2) is 4.56. The number of carbonyl (C=O) groups excluding carboxylic acids is 1. The number of carbonyl (C=O) groups is 1. The molecule has 0 bridgehead atoms. The van der Waals surface area contributed by atoms with Crippen LogP contribution in [0.4, 0.5) is 0 Å². The Morgan fingerprint density at radius 1 is 1.42 bits per heavy atom. The Morgan fingerprint density at radius 3 is 2.42 bits per heavy atom. The highest BCUT2D eigenvalue weighted by Crippen LogP contribution is 2.49. The van der Waals surface area contributed by atoms with Gasteiger partial charge in [-0.3, -0.25) is 0 Å². The summed E-state index contributed by atoms with van der Waals surface area (Å²) >= 11 is 4.09. The monoisotopic (exact) mass is 204 g/mol. The van der Waals surface area contributed by atoms with Crippen LogP contribution in [0.1, 0.15) is 33.1 Å². The van der Waals surface area contributed by atoms with Crippen LogP contribution in [0.15, 0.2) is 0 Å². The number of ketones is 1. The standard InChI is InChI=1S/C9H16OS2/c1-3-9(5-4-8(2)10)11-6-7-12-9/h3-7H2,1-2H3. The molecule has 0 radical (unpaired) electrons. The van der Waals surface area contributed by atoms with E-state index in [4.69, 9.17) is 0 Å². The van der Waals surface area contributed by atoms with Crippen molar-refractivity contribution in [3.8, 4) is 0 Å². The first kappa shape index (κ1) is 10.5. The highest BCUT2D eigenvalue weighted by molar-refractivity contribution is 8.21. The Hall–Kier alpha value is 0.370. The van der Waals surface area contributed by atoms with Crippen LogP contribution in [0.2, 0.25) is 0 Å². The van der Waals surface area contributed by atoms with Gasteiger partial charge in [-0.2, -0.15) is 0 Å². The minimum absolute atomic E-state index is 0.330. The van der Waals surface area contributed by atoms with Crippen molar-refractivity contribution in [1.29, 1.82) is 0 Å². The van der Waals surface area contributed by atoms with Gasteiger partial charge in [-0.05, 0) is 19.8 Å². The molecule has 0 spiro atoms. The average molecular weight is 204 g/mol. The van der Waals surface area contributed by atoms with Gasteiger partial charge in [0.1, 0.15) is 5.78 Å². The second-order valence-corrected chi connectivity index (χ2v) is 6.38. The van der Waals surface area contributed by atoms with Crippen LogP contribution in [0, 0.1) is 0 Å². The highest BCUT2D eigenvalue weighted by atomic mass is 32.2. The molecule has 1 aliphatic heterocycles. The molecule has 0 saturated carbocycles. The zero-order valence-corrected chi connectivity index (χ0v) is 9.39. The van der Waals surface area contributed by atoms with Crippen LogP contribution >= 0.6 is 23.5 Å². The van der Waals surface area contributed by atoms with Gasteiger partial charge in [-0.15, -0.1) is 23.5 Å². The first-order chi connectivity index (χ1) is 5.68. The molecular formula is C9H16OS2. The Kier molecular flexibility index (Phi) is 3.97. The predicted molar refractivity (Wildman–Crippen MR) is 57.9 cm³/mol. The fourth-order valence-corrected chi connectivity index (χ4v) is 4.53. The van der Waals surface area contributed by atoms with Gasteiger partial charge < -0.3 is 4.79 Å². The van der Waals surface area contributed by atoms with Gasteiger partial charge in [0.15, 0.2) is 0 Å². The SMILES string of the molecule is CCC1(CCC(C)=O)SCCS1. The lowest BCUT2D eigenvalue weighted by atomic mass is 10.1. The molecule has 0 atom stereocenters. The van der Waals surface area contributed by atoms with E-state index in [0.29, 0.717) is 9.86 Å². The molecule has 1 heterocycles. The summed E-state index contributed by atoms with van der Waals surface area (Å²) < 4.78 is 0.381. The van der Waals surface area contributed by atoms with Crippen LogP contribution in [-0.4, -0.2) is 21.4 Å². The molecule has 0 amide bonds. The summed E-state index contributed by atoms with van der Waals surface area (Å²) in [5, 5.41) is 0. The molecule has 12 heavy (non-hydrogen) atoms. The number of hydrogen-bond donors (Lipinski definition) is 0. The Balaban J connectivity index is 2.39. The molecule has 1 rings (SSSR count). The van der Waals surface area contributed by atoms with Gasteiger partial charge >= 0.3 is 0 Å². The van der Waals surface area contributed by atoms with Gasteiger partial charge in [-0.25, -0.2) is 0 Å². The zero-order chi connectivity index (χ0) is 9.03. The van der Waals surface area contributed by atoms with Gasteiger partial charge in [0.05, 0.1) is 4.08 Å². The summed E-state index contributed by atoms with van der Waals surface area (Å²) in [6.45, 7) is 3.92. The van der Waals surface area contributed by atoms with E-state index in [0.717, 1.165) is 12.8 Å². The molecule has 1 aliphatic rings. The maximum Gasteiger partial charge on any atom is 0.129 e. The van der Waals surface area contributed by atoms with Crippen LogP contribution in [0.3, 0.4) is 0 Å². The van der Waals surface area contributed by atoms with Gasteiger partial charge in [0, 0.05) is 17.9 Å². The summed E-state index contributed by atoms with van der Waals surface area (Å²) in [5.41, 5.74) is 0. The molecule has 0 N–H and O–H groups in total. The van der Waals surface area contributed by atoms with Gasteiger partial charge in [-0.1, -0.05) is 6.92 Å². The van der Waals surface area contributed by atoms with Crippen molar-refractivity contribution in [2.24, 2.45) is 0 Å². The third-order valence-electron chi connectivity index (χ3n) is 2.21. The lowest BCUT2D eigenvalue weighted by Crippen LogP contribution is -2.16. The molecule has 3 heteroatoms. The van der Waals surface area contributed by atoms with Crippen LogP contribution in [0.25, 0.3) is 0 Å². The van der Waals surface area contributed by atoms with E-state index >= 15 is 0 Å². The van der Waals surface area contributed by atoms with Crippen molar-refractivity contribution in [3.05, 3.63) is 0 Å². The fraction of sp³-hybridized carbons (Fsp3) is 0.889. The van der Waals surface area contributed by atoms with Crippen molar-refractivity contribution in [2.75, 3.05) is 11.5 Å². The maximum atomic E-state index is 10.8. The molecule has 1 nitrogen and oxygen atoms in total. The minimum Gasteiger partial charge on any atom is -0.300 e. The van der Waals surface area contributed by atoms with E-state index in [9.17, 15) is 4.79 Å². The Labute approximate surface area is 83.1 Å². The normalized spacial score (nSPS) is 21.2. The van der Waals surface area contributed by atoms with Crippen molar-refractivity contribution in [1.82, 2.24) is 0 Å². The Morgan fingerprint density at radius 2 is 2.00 bits per heavy atom. The molecule has 0 unspecified atom stereocenters. The topological polar surface area (TPSA) is 17.1 Å². The second-order valence-electron chi connectivity index (χ2n) is 3.16. The third-order valence-corrected chi connectivity index (χ3v) is 6.03. The average Bonchev–Trinajstić information content (AvgIpc) is 2.50. The molecule has 70 valence electrons. The summed E-state index contributed by atoms with van der Waals surface area (Å²) in [6.07, 6.45) is 3.01. The van der Waals surface area contributed by atoms with E-state index in [1.54, 1.807) is 6.92 Å². The summed E-state index contributed by atoms with van der Waals surface area (Å²) in [7, 11) is 0. The molecular weight excluding hydrogens is 188 g/mol. The lowest BCUT2D eigenvalue weighted by Gasteiger charge is -2.24. The van der Waals surface area contributed by atoms with E-state index < -0.39 is 0 Å². The molecule has 1 fully saturated rings. The van der Waals surface area contributed by atoms with Crippen molar-refractivity contribution in [3.63, 3.8) is 0 Å². The predicted octanol–water partition coefficient (Wildman–Crippen LogP) is 2.94. The summed E-state index contributed by atoms with van der Waals surface area (Å²) in [6, 6.07) is 0. The minimum atomic E-state index is 0.330. The van der Waals surface area contributed by atoms with Gasteiger partial charge in [0.2, 0.25) is 0 Å². The van der Waals surface area contributed by atoms with E-state index in [1.165, 1.54) is 17.9 Å². The van der Waals surface area contributed by atoms with E-state index in [-0.39, 0.29) is 0 Å². The van der Waals surface area contributed by atoms with Crippen molar-refractivity contribution >= 4 is 29.3 Å². The van der Waals surface area contributed by atoms with Gasteiger partial charge in [0.25, 0.3) is 0 Å². The smallest absolute Gasteiger partial charge is 0.129 e. The zero-order valence-electron chi connectivity index (χ0n) is 7.76. The van der Waals surface area contributed by atoms with Crippen molar-refractivity contribution in [2.45, 2.75) is 37.2 Å². The number of Topliss-reactive ketones (excluding diaryl/α,β-unsaturated/α-hetero) is 1. The quantitative estimate of drug-likeness (QED) is 0.701. The van der Waals surface area contributed by atoms with E-state index in [1.807, 2.05) is 23.5 Å². The number of thioether (sulfide) groups is 2. The highest BCUT2D eigenvalue weighted by Gasteiger charge is 2.33. The van der Waals surface area contributed by atoms with Crippen molar-refractivity contribution < 1.29 is 4.79 Å². The molecule has 0 aliphatic carbocycles. The summed E-state index contributed by atoms with van der Waals surface area (Å²) in [5.74, 6) is 2.85. The first-order valence-corrected chi connectivity index (χ1v) is 6.43. The number of hydrogen-bond acceptors (Lipinski definition) is 3. The van der Waals surface area contributed by atoms with Crippen LogP contribution in [-0.2, 0) is 4.79 Å². The van der Waals surface area contributed by atoms with Crippen LogP contribution in [0.5, 0.6) is 0 Å². The van der Waals surface area contributed by atoms with Crippen LogP contribution < -0.4 is 0 Å². The fourth-order valence-electron chi connectivity index (χ4n) is 1.39. The molecule has 0 aromatic rings. The maximum absolute atomic E-state index is 10.8. The third kappa shape index (κ3) is 2.70. The number of rotatable bonds is 4.